The summed E-state index contributed by atoms with van der Waals surface area (Å²) in [7, 11) is 0. The van der Waals surface area contributed by atoms with E-state index in [4.69, 9.17) is 0 Å². The molecule has 1 aromatic heterocycles. The van der Waals surface area contributed by atoms with Crippen molar-refractivity contribution in [2.75, 3.05) is 13.1 Å². The molecular formula is C16H18N2O2. The van der Waals surface area contributed by atoms with Gasteiger partial charge in [-0.3, -0.25) is 14.7 Å². The second-order valence-corrected chi connectivity index (χ2v) is 4.59. The van der Waals surface area contributed by atoms with Crippen LogP contribution in [0.15, 0.2) is 48.7 Å². The molecule has 1 aromatic carbocycles. The van der Waals surface area contributed by atoms with Gasteiger partial charge in [0.15, 0.2) is 5.78 Å². The molecule has 0 bridgehead atoms. The summed E-state index contributed by atoms with van der Waals surface area (Å²) in [5.74, 6) is 0.213. The van der Waals surface area contributed by atoms with Crippen molar-refractivity contribution >= 4 is 5.78 Å². The monoisotopic (exact) mass is 270 g/mol. The first-order valence-corrected chi connectivity index (χ1v) is 6.63. The highest BCUT2D eigenvalue weighted by molar-refractivity contribution is 5.97. The minimum atomic E-state index is 0.0442. The van der Waals surface area contributed by atoms with Gasteiger partial charge in [0.2, 0.25) is 0 Å². The summed E-state index contributed by atoms with van der Waals surface area (Å²) in [6.07, 6.45) is 1.75. The Morgan fingerprint density at radius 2 is 1.95 bits per heavy atom. The number of benzene rings is 1. The first-order chi connectivity index (χ1) is 9.69. The first kappa shape index (κ1) is 14.2. The summed E-state index contributed by atoms with van der Waals surface area (Å²) in [5, 5.41) is 9.23. The molecular weight excluding hydrogens is 252 g/mol. The Balaban J connectivity index is 1.99. The van der Waals surface area contributed by atoms with Crippen LogP contribution in [0.25, 0.3) is 0 Å². The molecule has 2 aromatic rings. The van der Waals surface area contributed by atoms with Crippen LogP contribution >= 0.6 is 0 Å². The fraction of sp³-hybridized carbons (Fsp3) is 0.250. The van der Waals surface area contributed by atoms with Crippen molar-refractivity contribution in [2.45, 2.75) is 13.5 Å². The second-order valence-electron chi connectivity index (χ2n) is 4.59. The van der Waals surface area contributed by atoms with Crippen molar-refractivity contribution in [3.05, 3.63) is 59.9 Å². The summed E-state index contributed by atoms with van der Waals surface area (Å²) in [6.45, 7) is 3.80. The predicted octanol–water partition coefficient (Wildman–Crippen LogP) is 2.49. The van der Waals surface area contributed by atoms with Crippen LogP contribution in [0.2, 0.25) is 0 Å². The Hall–Kier alpha value is -2.20. The third kappa shape index (κ3) is 3.90. The zero-order chi connectivity index (χ0) is 14.4. The van der Waals surface area contributed by atoms with Crippen molar-refractivity contribution in [3.8, 4) is 5.75 Å². The number of hydrogen-bond acceptors (Lipinski definition) is 4. The van der Waals surface area contributed by atoms with E-state index >= 15 is 0 Å². The van der Waals surface area contributed by atoms with Crippen molar-refractivity contribution < 1.29 is 9.90 Å². The van der Waals surface area contributed by atoms with Gasteiger partial charge < -0.3 is 5.11 Å². The van der Waals surface area contributed by atoms with Crippen LogP contribution in [-0.4, -0.2) is 33.9 Å². The van der Waals surface area contributed by atoms with Gasteiger partial charge in [-0.2, -0.15) is 0 Å². The molecule has 0 radical (unpaired) electrons. The molecule has 1 N–H and O–H groups in total. The van der Waals surface area contributed by atoms with Gasteiger partial charge in [-0.25, -0.2) is 0 Å². The van der Waals surface area contributed by atoms with Gasteiger partial charge in [-0.15, -0.1) is 0 Å². The molecule has 4 heteroatoms. The van der Waals surface area contributed by atoms with Crippen LogP contribution in [0.3, 0.4) is 0 Å². The maximum Gasteiger partial charge on any atom is 0.176 e. The summed E-state index contributed by atoms with van der Waals surface area (Å²) >= 11 is 0. The van der Waals surface area contributed by atoms with Gasteiger partial charge in [0.1, 0.15) is 5.75 Å². The van der Waals surface area contributed by atoms with Gasteiger partial charge in [0, 0.05) is 18.3 Å². The molecule has 0 atom stereocenters. The summed E-state index contributed by atoms with van der Waals surface area (Å²) in [5.41, 5.74) is 1.56. The van der Waals surface area contributed by atoms with E-state index in [9.17, 15) is 9.90 Å². The molecule has 0 saturated carbocycles. The van der Waals surface area contributed by atoms with Crippen molar-refractivity contribution in [3.63, 3.8) is 0 Å². The number of aromatic hydroxyl groups is 1. The van der Waals surface area contributed by atoms with Crippen LogP contribution in [0.1, 0.15) is 23.0 Å². The van der Waals surface area contributed by atoms with E-state index in [0.717, 1.165) is 12.2 Å². The number of pyridine rings is 1. The predicted molar refractivity (Wildman–Crippen MR) is 77.6 cm³/mol. The molecule has 0 aliphatic heterocycles. The SMILES string of the molecule is CCN(CC(=O)c1ccc(O)cc1)Cc1ccccn1. The number of phenols is 1. The Kier molecular flexibility index (Phi) is 4.85. The van der Waals surface area contributed by atoms with Crippen molar-refractivity contribution in [1.82, 2.24) is 9.88 Å². The summed E-state index contributed by atoms with van der Waals surface area (Å²) < 4.78 is 0. The van der Waals surface area contributed by atoms with Crippen LogP contribution in [0.5, 0.6) is 5.75 Å². The molecule has 0 saturated heterocycles. The molecule has 20 heavy (non-hydrogen) atoms. The summed E-state index contributed by atoms with van der Waals surface area (Å²) in [4.78, 5) is 18.5. The number of nitrogens with zero attached hydrogens (tertiary/aromatic N) is 2. The number of rotatable bonds is 6. The van der Waals surface area contributed by atoms with E-state index in [0.29, 0.717) is 18.7 Å². The number of phenolic OH excluding ortho intramolecular Hbond substituents is 1. The molecule has 0 amide bonds. The van der Waals surface area contributed by atoms with Gasteiger partial charge >= 0.3 is 0 Å². The van der Waals surface area contributed by atoms with E-state index in [1.54, 1.807) is 18.3 Å². The lowest BCUT2D eigenvalue weighted by Crippen LogP contribution is -2.29. The van der Waals surface area contributed by atoms with Gasteiger partial charge in [-0.05, 0) is 42.9 Å². The van der Waals surface area contributed by atoms with E-state index in [-0.39, 0.29) is 11.5 Å². The Morgan fingerprint density at radius 1 is 1.20 bits per heavy atom. The first-order valence-electron chi connectivity index (χ1n) is 6.63. The highest BCUT2D eigenvalue weighted by Gasteiger charge is 2.12. The highest BCUT2D eigenvalue weighted by atomic mass is 16.3. The van der Waals surface area contributed by atoms with Crippen LogP contribution < -0.4 is 0 Å². The summed E-state index contributed by atoms with van der Waals surface area (Å²) in [6, 6.07) is 12.1. The molecule has 4 nitrogen and oxygen atoms in total. The van der Waals surface area contributed by atoms with Crippen molar-refractivity contribution in [2.24, 2.45) is 0 Å². The third-order valence-electron chi connectivity index (χ3n) is 3.12. The molecule has 0 aliphatic rings. The molecule has 0 fully saturated rings. The van der Waals surface area contributed by atoms with Gasteiger partial charge in [-0.1, -0.05) is 13.0 Å². The highest BCUT2D eigenvalue weighted by Crippen LogP contribution is 2.11. The smallest absolute Gasteiger partial charge is 0.176 e. The number of Topliss-reactive ketones (excluding diaryl/α,β-unsaturated/α-hetero) is 1. The molecule has 104 valence electrons. The van der Waals surface area contributed by atoms with E-state index in [2.05, 4.69) is 4.98 Å². The maximum atomic E-state index is 12.2. The number of likely N-dealkylation sites (N-methyl/N-ethyl adjacent to an activating group) is 1. The van der Waals surface area contributed by atoms with Gasteiger partial charge in [0.05, 0.1) is 12.2 Å². The third-order valence-corrected chi connectivity index (χ3v) is 3.12. The fourth-order valence-corrected chi connectivity index (χ4v) is 1.94. The zero-order valence-corrected chi connectivity index (χ0v) is 11.5. The Morgan fingerprint density at radius 3 is 2.55 bits per heavy atom. The number of hydrogen-bond donors (Lipinski definition) is 1. The Labute approximate surface area is 118 Å². The molecule has 0 spiro atoms. The lowest BCUT2D eigenvalue weighted by Gasteiger charge is -2.19. The maximum absolute atomic E-state index is 12.2. The number of aromatic nitrogens is 1. The van der Waals surface area contributed by atoms with E-state index in [1.165, 1.54) is 12.1 Å². The standard InChI is InChI=1S/C16H18N2O2/c1-2-18(11-14-5-3-4-10-17-14)12-16(20)13-6-8-15(19)9-7-13/h3-10,19H,2,11-12H2,1H3. The second kappa shape index (κ2) is 6.82. The molecule has 1 heterocycles. The van der Waals surface area contributed by atoms with Gasteiger partial charge in [0.25, 0.3) is 0 Å². The van der Waals surface area contributed by atoms with Crippen LogP contribution in [0.4, 0.5) is 0 Å². The number of carbonyl (C=O) groups is 1. The normalized spacial score (nSPS) is 10.7. The minimum absolute atomic E-state index is 0.0442. The number of ketones is 1. The zero-order valence-electron chi connectivity index (χ0n) is 11.5. The van der Waals surface area contributed by atoms with E-state index < -0.39 is 0 Å². The average Bonchev–Trinajstić information content (AvgIpc) is 2.48. The molecule has 0 aliphatic carbocycles. The fourth-order valence-electron chi connectivity index (χ4n) is 1.94. The minimum Gasteiger partial charge on any atom is -0.508 e. The van der Waals surface area contributed by atoms with E-state index in [1.807, 2.05) is 30.0 Å². The lowest BCUT2D eigenvalue weighted by atomic mass is 10.1. The number of carbonyl (C=O) groups excluding carboxylic acids is 1. The lowest BCUT2D eigenvalue weighted by molar-refractivity contribution is 0.0929. The Bertz CT molecular complexity index is 552. The van der Waals surface area contributed by atoms with Crippen LogP contribution in [0, 0.1) is 0 Å². The quantitative estimate of drug-likeness (QED) is 0.819. The van der Waals surface area contributed by atoms with Crippen LogP contribution in [-0.2, 0) is 6.54 Å². The average molecular weight is 270 g/mol. The van der Waals surface area contributed by atoms with Crippen molar-refractivity contribution in [1.29, 1.82) is 0 Å². The molecule has 2 rings (SSSR count). The molecule has 0 unspecified atom stereocenters. The topological polar surface area (TPSA) is 53.4 Å². The largest absolute Gasteiger partial charge is 0.508 e.